The number of nitrogens with two attached hydrogens (primary N) is 1. The van der Waals surface area contributed by atoms with E-state index in [1.807, 2.05) is 0 Å². The molecule has 0 aliphatic heterocycles. The maximum absolute atomic E-state index is 15.0. The summed E-state index contributed by atoms with van der Waals surface area (Å²) in [5.41, 5.74) is 0.104. The predicted molar refractivity (Wildman–Crippen MR) is 162 cm³/mol. The molecule has 2 amide bonds. The maximum atomic E-state index is 15.0. The summed E-state index contributed by atoms with van der Waals surface area (Å²) < 4.78 is 130. The molecule has 2 aliphatic carbocycles. The normalized spacial score (nSPS) is 16.8. The molecule has 9 nitrogen and oxygen atoms in total. The van der Waals surface area contributed by atoms with Crippen molar-refractivity contribution in [2.24, 2.45) is 11.7 Å². The lowest BCUT2D eigenvalue weighted by Gasteiger charge is -2.29. The number of nitrogens with one attached hydrogen (secondary N) is 2. The van der Waals surface area contributed by atoms with Crippen molar-refractivity contribution in [2.75, 3.05) is 11.9 Å². The summed E-state index contributed by atoms with van der Waals surface area (Å²) in [6, 6.07) is 4.33. The van der Waals surface area contributed by atoms with Crippen molar-refractivity contribution >= 4 is 17.8 Å². The van der Waals surface area contributed by atoms with Crippen LogP contribution in [-0.2, 0) is 29.6 Å². The fourth-order valence-electron chi connectivity index (χ4n) is 6.00. The van der Waals surface area contributed by atoms with Gasteiger partial charge in [-0.3, -0.25) is 14.3 Å². The van der Waals surface area contributed by atoms with Crippen molar-refractivity contribution in [2.45, 2.75) is 63.0 Å². The molecule has 6 rings (SSSR count). The Morgan fingerprint density at radius 3 is 2.29 bits per heavy atom. The third-order valence-electron chi connectivity index (χ3n) is 8.58. The Kier molecular flexibility index (Phi) is 9.45. The second-order valence-corrected chi connectivity index (χ2v) is 12.5. The molecule has 4 aromatic rings. The Morgan fingerprint density at radius 2 is 1.65 bits per heavy atom. The Hall–Kier alpha value is -5.16. The molecule has 1 atom stereocenters. The van der Waals surface area contributed by atoms with Crippen molar-refractivity contribution in [1.82, 2.24) is 25.1 Å². The van der Waals surface area contributed by atoms with Crippen LogP contribution in [-0.4, -0.2) is 38.1 Å². The SMILES string of the molecule is NC(=O)c1cc(-c2cnc(NCC3CC3)nc2C(Cc2cc(F)cc(F)c2)NC(=O)Cn2nc(C(F)F)c3c2C(F)(F)CCC3(F)F)ccc1F. The van der Waals surface area contributed by atoms with Crippen molar-refractivity contribution < 1.29 is 49.1 Å². The van der Waals surface area contributed by atoms with Gasteiger partial charge in [-0.2, -0.15) is 13.9 Å². The molecule has 4 N–H and O–H groups in total. The average molecular weight is 726 g/mol. The molecule has 270 valence electrons. The number of nitrogens with zero attached hydrogens (tertiary/aromatic N) is 4. The molecule has 0 spiro atoms. The Balaban J connectivity index is 1.44. The molecule has 0 saturated heterocycles. The van der Waals surface area contributed by atoms with Crippen LogP contribution in [0.15, 0.2) is 42.6 Å². The predicted octanol–water partition coefficient (Wildman–Crippen LogP) is 6.69. The van der Waals surface area contributed by atoms with Gasteiger partial charge < -0.3 is 16.4 Å². The number of alkyl halides is 6. The van der Waals surface area contributed by atoms with Gasteiger partial charge in [-0.25, -0.2) is 40.7 Å². The number of fused-ring (bicyclic) bond motifs is 1. The molecule has 2 aliphatic rings. The van der Waals surface area contributed by atoms with E-state index < -0.39 is 102 Å². The smallest absolute Gasteiger partial charge is 0.290 e. The van der Waals surface area contributed by atoms with Crippen molar-refractivity contribution in [3.63, 3.8) is 0 Å². The number of hydrogen-bond donors (Lipinski definition) is 3. The van der Waals surface area contributed by atoms with E-state index in [1.54, 1.807) is 0 Å². The van der Waals surface area contributed by atoms with Crippen LogP contribution in [0, 0.1) is 23.4 Å². The zero-order valence-electron chi connectivity index (χ0n) is 26.3. The minimum atomic E-state index is -4.08. The van der Waals surface area contributed by atoms with Gasteiger partial charge in [0.25, 0.3) is 24.2 Å². The Bertz CT molecular complexity index is 1980. The highest BCUT2D eigenvalue weighted by Crippen LogP contribution is 2.52. The molecule has 1 fully saturated rings. The molecule has 18 heteroatoms. The van der Waals surface area contributed by atoms with E-state index in [9.17, 15) is 40.3 Å². The van der Waals surface area contributed by atoms with Gasteiger partial charge in [0.2, 0.25) is 11.9 Å². The number of carbonyl (C=O) groups is 2. The lowest BCUT2D eigenvalue weighted by atomic mass is 9.89. The van der Waals surface area contributed by atoms with Gasteiger partial charge >= 0.3 is 0 Å². The van der Waals surface area contributed by atoms with Crippen LogP contribution in [0.25, 0.3) is 11.1 Å². The molecule has 2 aromatic carbocycles. The standard InChI is InChI=1S/C33H28F9N7O2/c34-18-7-16(8-19(35)11-18)9-23(46-24(50)14-49-28-25(27(48-49)29(37)38)32(39,40)5-6-33(28,41)42)26-21(13-45-31(47-26)44-12-15-1-2-15)17-3-4-22(36)20(10-17)30(43)51/h3-4,7-8,10-11,13,15,23,29H,1-2,5-6,9,12,14H2,(H2,43,51)(H,46,50)(H,44,45,47). The first-order valence-corrected chi connectivity index (χ1v) is 15.6. The fraction of sp³-hybridized carbons (Fsp3) is 0.364. The molecule has 51 heavy (non-hydrogen) atoms. The maximum Gasteiger partial charge on any atom is 0.290 e. The van der Waals surface area contributed by atoms with Crippen LogP contribution in [0.1, 0.15) is 76.7 Å². The van der Waals surface area contributed by atoms with Gasteiger partial charge in [0.1, 0.15) is 35.4 Å². The quantitative estimate of drug-likeness (QED) is 0.140. The average Bonchev–Trinajstić information content (AvgIpc) is 3.79. The van der Waals surface area contributed by atoms with Gasteiger partial charge in [-0.05, 0) is 60.6 Å². The summed E-state index contributed by atoms with van der Waals surface area (Å²) >= 11 is 0. The first-order valence-electron chi connectivity index (χ1n) is 15.6. The number of carbonyl (C=O) groups excluding carboxylic acids is 2. The summed E-state index contributed by atoms with van der Waals surface area (Å²) in [6.07, 6.45) is -3.77. The van der Waals surface area contributed by atoms with E-state index in [4.69, 9.17) is 5.73 Å². The van der Waals surface area contributed by atoms with Gasteiger partial charge in [0.15, 0.2) is 0 Å². The largest absolute Gasteiger partial charge is 0.366 e. The highest BCUT2D eigenvalue weighted by molar-refractivity contribution is 5.94. The van der Waals surface area contributed by atoms with Crippen LogP contribution >= 0.6 is 0 Å². The lowest BCUT2D eigenvalue weighted by Crippen LogP contribution is -2.37. The summed E-state index contributed by atoms with van der Waals surface area (Å²) in [5.74, 6) is -13.0. The van der Waals surface area contributed by atoms with Crippen LogP contribution < -0.4 is 16.4 Å². The van der Waals surface area contributed by atoms with Crippen LogP contribution in [0.4, 0.5) is 45.5 Å². The fourth-order valence-corrected chi connectivity index (χ4v) is 6.00. The number of halogens is 9. The molecule has 2 heterocycles. The molecule has 0 bridgehead atoms. The summed E-state index contributed by atoms with van der Waals surface area (Å²) in [5, 5.41) is 8.81. The number of aromatic nitrogens is 4. The van der Waals surface area contributed by atoms with E-state index in [2.05, 4.69) is 25.7 Å². The zero-order valence-corrected chi connectivity index (χ0v) is 26.3. The minimum Gasteiger partial charge on any atom is -0.366 e. The molecular weight excluding hydrogens is 697 g/mol. The number of anilines is 1. The molecular formula is C33H28F9N7O2. The van der Waals surface area contributed by atoms with E-state index >= 15 is 8.78 Å². The van der Waals surface area contributed by atoms with E-state index in [0.717, 1.165) is 37.1 Å². The van der Waals surface area contributed by atoms with Gasteiger partial charge in [-0.15, -0.1) is 0 Å². The third kappa shape index (κ3) is 7.63. The van der Waals surface area contributed by atoms with Crippen molar-refractivity contribution in [3.8, 4) is 11.1 Å². The van der Waals surface area contributed by atoms with Crippen molar-refractivity contribution in [3.05, 3.63) is 93.8 Å². The topological polar surface area (TPSA) is 128 Å². The monoisotopic (exact) mass is 725 g/mol. The van der Waals surface area contributed by atoms with E-state index in [0.29, 0.717) is 18.5 Å². The number of hydrogen-bond acceptors (Lipinski definition) is 6. The van der Waals surface area contributed by atoms with Gasteiger partial charge in [0, 0.05) is 37.2 Å². The van der Waals surface area contributed by atoms with Crippen LogP contribution in [0.3, 0.4) is 0 Å². The lowest BCUT2D eigenvalue weighted by molar-refractivity contribution is -0.123. The first-order chi connectivity index (χ1) is 24.0. The van der Waals surface area contributed by atoms with E-state index in [1.165, 1.54) is 12.3 Å². The van der Waals surface area contributed by atoms with Gasteiger partial charge in [-0.1, -0.05) is 6.07 Å². The summed E-state index contributed by atoms with van der Waals surface area (Å²) in [4.78, 5) is 34.3. The highest BCUT2D eigenvalue weighted by Gasteiger charge is 2.55. The third-order valence-corrected chi connectivity index (χ3v) is 8.58. The van der Waals surface area contributed by atoms with E-state index in [-0.39, 0.29) is 33.0 Å². The number of amides is 2. The molecule has 2 aromatic heterocycles. The summed E-state index contributed by atoms with van der Waals surface area (Å²) in [6.45, 7) is -0.784. The molecule has 1 saturated carbocycles. The first kappa shape index (κ1) is 35.7. The van der Waals surface area contributed by atoms with Crippen LogP contribution in [0.5, 0.6) is 0 Å². The second-order valence-electron chi connectivity index (χ2n) is 12.5. The number of primary amides is 1. The second kappa shape index (κ2) is 13.5. The number of benzene rings is 2. The Labute approximate surface area is 283 Å². The zero-order chi connectivity index (χ0) is 36.8. The minimum absolute atomic E-state index is 0.0330. The summed E-state index contributed by atoms with van der Waals surface area (Å²) in [7, 11) is 0. The highest BCUT2D eigenvalue weighted by atomic mass is 19.3. The molecule has 0 radical (unpaired) electrons. The van der Waals surface area contributed by atoms with Gasteiger partial charge in [0.05, 0.1) is 22.9 Å². The number of rotatable bonds is 12. The Morgan fingerprint density at radius 1 is 0.961 bits per heavy atom. The molecule has 1 unspecified atom stereocenters. The van der Waals surface area contributed by atoms with Crippen molar-refractivity contribution in [1.29, 1.82) is 0 Å². The van der Waals surface area contributed by atoms with Crippen LogP contribution in [0.2, 0.25) is 0 Å².